The molecule has 0 spiro atoms. The molecule has 9 heteroatoms. The number of ether oxygens (including phenoxy) is 5. The van der Waals surface area contributed by atoms with E-state index in [-0.39, 0.29) is 29.5 Å². The highest BCUT2D eigenvalue weighted by Gasteiger charge is 2.43. The van der Waals surface area contributed by atoms with Crippen molar-refractivity contribution in [3.63, 3.8) is 0 Å². The Bertz CT molecular complexity index is 978. The van der Waals surface area contributed by atoms with Crippen LogP contribution in [0.15, 0.2) is 46.0 Å². The maximum atomic E-state index is 12.8. The second kappa shape index (κ2) is 9.55. The number of carbonyl (C=O) groups excluding carboxylic acids is 2. The first kappa shape index (κ1) is 22.2. The molecule has 3 rings (SSSR count). The van der Waals surface area contributed by atoms with Crippen LogP contribution in [0.4, 0.5) is 5.69 Å². The highest BCUT2D eigenvalue weighted by Crippen LogP contribution is 2.48. The van der Waals surface area contributed by atoms with Gasteiger partial charge in [0, 0.05) is 6.07 Å². The van der Waals surface area contributed by atoms with Crippen molar-refractivity contribution in [2.75, 3.05) is 27.4 Å². The van der Waals surface area contributed by atoms with Gasteiger partial charge in [0.2, 0.25) is 5.90 Å². The van der Waals surface area contributed by atoms with Gasteiger partial charge in [0.05, 0.1) is 50.2 Å². The predicted octanol–water partition coefficient (Wildman–Crippen LogP) is 2.83. The minimum Gasteiger partial charge on any atom is -0.494 e. The lowest BCUT2D eigenvalue weighted by molar-refractivity contribution is -0.140. The third kappa shape index (κ3) is 4.35. The Kier molecular flexibility index (Phi) is 6.84. The van der Waals surface area contributed by atoms with Crippen LogP contribution in [0.5, 0.6) is 5.75 Å². The molecule has 1 atom stereocenters. The van der Waals surface area contributed by atoms with Crippen molar-refractivity contribution in [2.24, 2.45) is 10.7 Å². The van der Waals surface area contributed by atoms with Crippen molar-refractivity contribution in [1.82, 2.24) is 0 Å². The summed E-state index contributed by atoms with van der Waals surface area (Å²) in [5.41, 5.74) is 8.02. The minimum atomic E-state index is -0.685. The largest absolute Gasteiger partial charge is 0.494 e. The Morgan fingerprint density at radius 3 is 2.58 bits per heavy atom. The number of methoxy groups -OCH3 is 2. The van der Waals surface area contributed by atoms with Crippen molar-refractivity contribution in [1.29, 1.82) is 0 Å². The number of esters is 2. The molecule has 31 heavy (non-hydrogen) atoms. The maximum Gasteiger partial charge on any atom is 0.338 e. The van der Waals surface area contributed by atoms with E-state index in [1.54, 1.807) is 12.1 Å². The second-order valence-corrected chi connectivity index (χ2v) is 6.81. The van der Waals surface area contributed by atoms with Gasteiger partial charge in [0.15, 0.2) is 5.88 Å². The predicted molar refractivity (Wildman–Crippen MR) is 112 cm³/mol. The van der Waals surface area contributed by atoms with Crippen LogP contribution >= 0.6 is 0 Å². The standard InChI is InChI=1S/C22H26N2O7/c1-5-9-30-12-7-8-13-14(10-12)24-21(29-6-2)19-17(13)18(22(26)28-4)15(31-20(19)23)11-16(25)27-3/h7-8,10,17H,5-6,9,11,23H2,1-4H3. The topological polar surface area (TPSA) is 119 Å². The third-order valence-corrected chi connectivity index (χ3v) is 4.83. The molecule has 0 saturated carbocycles. The summed E-state index contributed by atoms with van der Waals surface area (Å²) in [6, 6.07) is 5.39. The highest BCUT2D eigenvalue weighted by atomic mass is 16.5. The van der Waals surface area contributed by atoms with Gasteiger partial charge < -0.3 is 29.4 Å². The molecule has 0 saturated heterocycles. The lowest BCUT2D eigenvalue weighted by atomic mass is 9.79. The average Bonchev–Trinajstić information content (AvgIpc) is 2.76. The molecular formula is C22H26N2O7. The van der Waals surface area contributed by atoms with Crippen LogP contribution in [-0.2, 0) is 28.5 Å². The van der Waals surface area contributed by atoms with Gasteiger partial charge in [-0.1, -0.05) is 13.0 Å². The summed E-state index contributed by atoms with van der Waals surface area (Å²) in [6.45, 7) is 4.72. The van der Waals surface area contributed by atoms with Gasteiger partial charge in [-0.05, 0) is 25.0 Å². The Labute approximate surface area is 180 Å². The van der Waals surface area contributed by atoms with Crippen molar-refractivity contribution in [3.05, 3.63) is 46.6 Å². The lowest BCUT2D eigenvalue weighted by Crippen LogP contribution is -2.32. The van der Waals surface area contributed by atoms with E-state index in [1.165, 1.54) is 14.2 Å². The molecular weight excluding hydrogens is 404 g/mol. The molecule has 0 aliphatic carbocycles. The molecule has 2 aliphatic rings. The highest BCUT2D eigenvalue weighted by molar-refractivity contribution is 6.05. The van der Waals surface area contributed by atoms with Gasteiger partial charge in [-0.15, -0.1) is 0 Å². The van der Waals surface area contributed by atoms with Crippen molar-refractivity contribution < 1.29 is 33.3 Å². The van der Waals surface area contributed by atoms with Crippen molar-refractivity contribution >= 4 is 23.5 Å². The smallest absolute Gasteiger partial charge is 0.338 e. The van der Waals surface area contributed by atoms with Crippen LogP contribution in [0.25, 0.3) is 0 Å². The molecule has 2 N–H and O–H groups in total. The fraction of sp³-hybridized carbons (Fsp3) is 0.409. The number of carbonyl (C=O) groups is 2. The molecule has 166 valence electrons. The molecule has 2 heterocycles. The summed E-state index contributed by atoms with van der Waals surface area (Å²) in [7, 11) is 2.51. The second-order valence-electron chi connectivity index (χ2n) is 6.81. The first-order valence-corrected chi connectivity index (χ1v) is 9.99. The van der Waals surface area contributed by atoms with Gasteiger partial charge in [0.25, 0.3) is 0 Å². The first-order chi connectivity index (χ1) is 14.9. The summed E-state index contributed by atoms with van der Waals surface area (Å²) in [5, 5.41) is 0. The van der Waals surface area contributed by atoms with Gasteiger partial charge in [0.1, 0.15) is 17.9 Å². The van der Waals surface area contributed by atoms with Crippen molar-refractivity contribution in [2.45, 2.75) is 32.6 Å². The Morgan fingerprint density at radius 1 is 1.16 bits per heavy atom. The van der Waals surface area contributed by atoms with Gasteiger partial charge in [-0.2, -0.15) is 0 Å². The van der Waals surface area contributed by atoms with E-state index in [1.807, 2.05) is 19.9 Å². The van der Waals surface area contributed by atoms with E-state index in [0.717, 1.165) is 6.42 Å². The summed E-state index contributed by atoms with van der Waals surface area (Å²) >= 11 is 0. The van der Waals surface area contributed by atoms with Gasteiger partial charge in [-0.25, -0.2) is 9.79 Å². The fourth-order valence-electron chi connectivity index (χ4n) is 3.50. The number of nitrogens with zero attached hydrogens (tertiary/aromatic N) is 1. The molecule has 1 aromatic rings. The molecule has 0 aromatic heterocycles. The van der Waals surface area contributed by atoms with Gasteiger partial charge >= 0.3 is 11.9 Å². The quantitative estimate of drug-likeness (QED) is 0.656. The van der Waals surface area contributed by atoms with Crippen molar-refractivity contribution in [3.8, 4) is 5.75 Å². The van der Waals surface area contributed by atoms with Crippen LogP contribution in [0.3, 0.4) is 0 Å². The number of fused-ring (bicyclic) bond motifs is 3. The first-order valence-electron chi connectivity index (χ1n) is 9.99. The normalized spacial score (nSPS) is 17.2. The van der Waals surface area contributed by atoms with E-state index < -0.39 is 17.9 Å². The zero-order valence-corrected chi connectivity index (χ0v) is 18.0. The van der Waals surface area contributed by atoms with Gasteiger partial charge in [-0.3, -0.25) is 4.79 Å². The molecule has 1 aromatic carbocycles. The summed E-state index contributed by atoms with van der Waals surface area (Å²) in [6.07, 6.45) is 0.583. The molecule has 0 amide bonds. The molecule has 0 fully saturated rings. The van der Waals surface area contributed by atoms with Crippen LogP contribution in [0.1, 0.15) is 38.2 Å². The van der Waals surface area contributed by atoms with Crippen LogP contribution in [-0.4, -0.2) is 45.3 Å². The number of aliphatic imine (C=N–C) groups is 1. The van der Waals surface area contributed by atoms with E-state index >= 15 is 0 Å². The molecule has 2 aliphatic heterocycles. The monoisotopic (exact) mass is 430 g/mol. The average molecular weight is 430 g/mol. The van der Waals surface area contributed by atoms with E-state index in [9.17, 15) is 9.59 Å². The summed E-state index contributed by atoms with van der Waals surface area (Å²) < 4.78 is 26.9. The van der Waals surface area contributed by atoms with E-state index in [4.69, 9.17) is 29.4 Å². The lowest BCUT2D eigenvalue weighted by Gasteiger charge is -2.33. The number of benzene rings is 1. The zero-order chi connectivity index (χ0) is 22.5. The Morgan fingerprint density at radius 2 is 1.94 bits per heavy atom. The fourth-order valence-corrected chi connectivity index (χ4v) is 3.50. The van der Waals surface area contributed by atoms with E-state index in [2.05, 4.69) is 4.99 Å². The third-order valence-electron chi connectivity index (χ3n) is 4.83. The number of hydrogen-bond acceptors (Lipinski definition) is 9. The molecule has 0 radical (unpaired) electrons. The number of hydrogen-bond donors (Lipinski definition) is 1. The zero-order valence-electron chi connectivity index (χ0n) is 18.0. The minimum absolute atomic E-state index is 0.000663. The van der Waals surface area contributed by atoms with Crippen LogP contribution in [0, 0.1) is 0 Å². The Hall–Kier alpha value is -3.49. The van der Waals surface area contributed by atoms with Crippen LogP contribution in [0.2, 0.25) is 0 Å². The maximum absolute atomic E-state index is 12.8. The molecule has 9 nitrogen and oxygen atoms in total. The molecule has 1 unspecified atom stereocenters. The SMILES string of the molecule is CCCOc1ccc2c(c1)N=C(OCC)C1=C(N)OC(CC(=O)OC)=C(C(=O)OC)C12. The molecule has 0 bridgehead atoms. The number of rotatable bonds is 7. The summed E-state index contributed by atoms with van der Waals surface area (Å²) in [5.74, 6) is -0.958. The number of nitrogens with two attached hydrogens (primary N) is 1. The van der Waals surface area contributed by atoms with E-state index in [0.29, 0.717) is 35.8 Å². The summed E-state index contributed by atoms with van der Waals surface area (Å²) in [4.78, 5) is 29.4. The van der Waals surface area contributed by atoms with Crippen LogP contribution < -0.4 is 10.5 Å². The Balaban J connectivity index is 2.20.